The first-order valence-corrected chi connectivity index (χ1v) is 6.82. The summed E-state index contributed by atoms with van der Waals surface area (Å²) in [7, 11) is 0. The average molecular weight is 293 g/mol. The van der Waals surface area contributed by atoms with Gasteiger partial charge < -0.3 is 10.4 Å². The van der Waals surface area contributed by atoms with Crippen molar-refractivity contribution in [2.24, 2.45) is 5.92 Å². The third-order valence-electron chi connectivity index (χ3n) is 2.73. The van der Waals surface area contributed by atoms with Crippen molar-refractivity contribution in [2.45, 2.75) is 36.8 Å². The molecule has 0 spiro atoms. The maximum atomic E-state index is 12.2. The normalized spacial score (nSPS) is 13.8. The molecule has 0 aromatic heterocycles. The van der Waals surface area contributed by atoms with Crippen molar-refractivity contribution in [3.8, 4) is 0 Å². The van der Waals surface area contributed by atoms with Crippen LogP contribution in [-0.4, -0.2) is 23.3 Å². The second-order valence-electron chi connectivity index (χ2n) is 4.61. The minimum Gasteiger partial charge on any atom is -0.395 e. The number of nitrogens with one attached hydrogen (secondary N) is 1. The van der Waals surface area contributed by atoms with Crippen LogP contribution in [0.25, 0.3) is 0 Å². The van der Waals surface area contributed by atoms with E-state index >= 15 is 0 Å². The van der Waals surface area contributed by atoms with Gasteiger partial charge in [-0.15, -0.1) is 0 Å². The standard InChI is InChI=1S/C13H18F3NOS/c1-9(2)12(8-18)17-7-10-3-5-11(6-4-10)19-13(14,15)16/h3-6,9,12,17-18H,7-8H2,1-2H3/t12-/m1/s1. The van der Waals surface area contributed by atoms with Crippen LogP contribution in [0.15, 0.2) is 29.2 Å². The number of thioether (sulfide) groups is 1. The molecule has 6 heteroatoms. The van der Waals surface area contributed by atoms with Crippen LogP contribution in [0.1, 0.15) is 19.4 Å². The van der Waals surface area contributed by atoms with Crippen LogP contribution in [0.2, 0.25) is 0 Å². The Hall–Kier alpha value is -0.720. The first-order chi connectivity index (χ1) is 8.81. The third kappa shape index (κ3) is 6.31. The van der Waals surface area contributed by atoms with E-state index in [0.29, 0.717) is 12.5 Å². The highest BCUT2D eigenvalue weighted by Gasteiger charge is 2.28. The van der Waals surface area contributed by atoms with Gasteiger partial charge in [0.15, 0.2) is 0 Å². The topological polar surface area (TPSA) is 32.3 Å². The number of benzene rings is 1. The Kier molecular flexibility index (Phi) is 6.16. The van der Waals surface area contributed by atoms with Gasteiger partial charge >= 0.3 is 5.51 Å². The number of aliphatic hydroxyl groups excluding tert-OH is 1. The molecule has 0 amide bonds. The van der Waals surface area contributed by atoms with Gasteiger partial charge in [0.2, 0.25) is 0 Å². The molecule has 19 heavy (non-hydrogen) atoms. The van der Waals surface area contributed by atoms with E-state index in [2.05, 4.69) is 5.32 Å². The van der Waals surface area contributed by atoms with Gasteiger partial charge in [-0.25, -0.2) is 0 Å². The second-order valence-corrected chi connectivity index (χ2v) is 5.74. The van der Waals surface area contributed by atoms with Gasteiger partial charge in [0.25, 0.3) is 0 Å². The Balaban J connectivity index is 2.53. The van der Waals surface area contributed by atoms with E-state index in [1.165, 1.54) is 12.1 Å². The summed E-state index contributed by atoms with van der Waals surface area (Å²) >= 11 is -0.117. The quantitative estimate of drug-likeness (QED) is 0.788. The Labute approximate surface area is 115 Å². The van der Waals surface area contributed by atoms with Gasteiger partial charge in [-0.2, -0.15) is 13.2 Å². The molecular formula is C13H18F3NOS. The van der Waals surface area contributed by atoms with Crippen LogP contribution in [0, 0.1) is 5.92 Å². The van der Waals surface area contributed by atoms with E-state index in [4.69, 9.17) is 5.11 Å². The summed E-state index contributed by atoms with van der Waals surface area (Å²) in [5, 5.41) is 12.3. The van der Waals surface area contributed by atoms with Crippen LogP contribution >= 0.6 is 11.8 Å². The minimum atomic E-state index is -4.25. The molecule has 0 bridgehead atoms. The lowest BCUT2D eigenvalue weighted by Gasteiger charge is -2.20. The number of hydrogen-bond donors (Lipinski definition) is 2. The Morgan fingerprint density at radius 1 is 1.21 bits per heavy atom. The van der Waals surface area contributed by atoms with Crippen LogP contribution in [0.3, 0.4) is 0 Å². The summed E-state index contributed by atoms with van der Waals surface area (Å²) in [6.45, 7) is 4.56. The van der Waals surface area contributed by atoms with Crippen molar-refractivity contribution in [3.05, 3.63) is 29.8 Å². The third-order valence-corrected chi connectivity index (χ3v) is 3.47. The van der Waals surface area contributed by atoms with E-state index in [0.717, 1.165) is 5.56 Å². The molecule has 1 aromatic rings. The molecule has 1 rings (SSSR count). The van der Waals surface area contributed by atoms with Crippen molar-refractivity contribution in [2.75, 3.05) is 6.61 Å². The lowest BCUT2D eigenvalue weighted by Crippen LogP contribution is -2.36. The number of hydrogen-bond acceptors (Lipinski definition) is 3. The molecule has 0 aliphatic rings. The van der Waals surface area contributed by atoms with E-state index in [-0.39, 0.29) is 29.3 Å². The Morgan fingerprint density at radius 3 is 2.21 bits per heavy atom. The van der Waals surface area contributed by atoms with Gasteiger partial charge in [-0.3, -0.25) is 0 Å². The van der Waals surface area contributed by atoms with Crippen molar-refractivity contribution in [1.29, 1.82) is 0 Å². The van der Waals surface area contributed by atoms with Gasteiger partial charge in [0.05, 0.1) is 6.61 Å². The van der Waals surface area contributed by atoms with Crippen molar-refractivity contribution in [1.82, 2.24) is 5.32 Å². The number of rotatable bonds is 6. The molecule has 0 radical (unpaired) electrons. The van der Waals surface area contributed by atoms with Crippen LogP contribution in [0.5, 0.6) is 0 Å². The fraction of sp³-hybridized carbons (Fsp3) is 0.538. The first-order valence-electron chi connectivity index (χ1n) is 6.00. The van der Waals surface area contributed by atoms with E-state index in [1.54, 1.807) is 12.1 Å². The summed E-state index contributed by atoms with van der Waals surface area (Å²) in [4.78, 5) is 0.179. The van der Waals surface area contributed by atoms with Gasteiger partial charge in [-0.05, 0) is 35.4 Å². The highest BCUT2D eigenvalue weighted by molar-refractivity contribution is 8.00. The molecule has 0 saturated carbocycles. The molecule has 2 N–H and O–H groups in total. The van der Waals surface area contributed by atoms with E-state index in [1.807, 2.05) is 13.8 Å². The minimum absolute atomic E-state index is 0.00998. The molecule has 2 nitrogen and oxygen atoms in total. The van der Waals surface area contributed by atoms with Crippen molar-refractivity contribution >= 4 is 11.8 Å². The SMILES string of the molecule is CC(C)[C@@H](CO)NCc1ccc(SC(F)(F)F)cc1. The molecule has 0 fully saturated rings. The maximum Gasteiger partial charge on any atom is 0.446 e. The zero-order valence-corrected chi connectivity index (χ0v) is 11.7. The van der Waals surface area contributed by atoms with Gasteiger partial charge in [0.1, 0.15) is 0 Å². The lowest BCUT2D eigenvalue weighted by molar-refractivity contribution is -0.0328. The summed E-state index contributed by atoms with van der Waals surface area (Å²) in [6.07, 6.45) is 0. The number of aliphatic hydroxyl groups is 1. The molecule has 0 saturated heterocycles. The molecule has 108 valence electrons. The summed E-state index contributed by atoms with van der Waals surface area (Å²) in [5.74, 6) is 0.296. The molecule has 1 aromatic carbocycles. The molecule has 0 heterocycles. The monoisotopic (exact) mass is 293 g/mol. The lowest BCUT2D eigenvalue weighted by atomic mass is 10.1. The predicted molar refractivity (Wildman–Crippen MR) is 70.9 cm³/mol. The smallest absolute Gasteiger partial charge is 0.395 e. The summed E-state index contributed by atoms with van der Waals surface area (Å²) in [6, 6.07) is 6.23. The van der Waals surface area contributed by atoms with Crippen LogP contribution in [0.4, 0.5) is 13.2 Å². The van der Waals surface area contributed by atoms with Crippen molar-refractivity contribution in [3.63, 3.8) is 0 Å². The zero-order valence-electron chi connectivity index (χ0n) is 10.9. The average Bonchev–Trinajstić information content (AvgIpc) is 2.29. The second kappa shape index (κ2) is 7.17. The van der Waals surface area contributed by atoms with Gasteiger partial charge in [0, 0.05) is 17.5 Å². The molecule has 1 atom stereocenters. The highest BCUT2D eigenvalue weighted by atomic mass is 32.2. The van der Waals surface area contributed by atoms with Crippen molar-refractivity contribution < 1.29 is 18.3 Å². The zero-order chi connectivity index (χ0) is 14.5. The van der Waals surface area contributed by atoms with Crippen LogP contribution in [-0.2, 0) is 6.54 Å². The fourth-order valence-electron chi connectivity index (χ4n) is 1.57. The van der Waals surface area contributed by atoms with Gasteiger partial charge in [-0.1, -0.05) is 26.0 Å². The van der Waals surface area contributed by atoms with E-state index < -0.39 is 5.51 Å². The molecular weight excluding hydrogens is 275 g/mol. The molecule has 0 unspecified atom stereocenters. The van der Waals surface area contributed by atoms with Crippen LogP contribution < -0.4 is 5.32 Å². The highest BCUT2D eigenvalue weighted by Crippen LogP contribution is 2.36. The number of alkyl halides is 3. The molecule has 0 aliphatic carbocycles. The Morgan fingerprint density at radius 2 is 1.79 bits per heavy atom. The number of halogens is 3. The predicted octanol–water partition coefficient (Wildman–Crippen LogP) is 3.41. The largest absolute Gasteiger partial charge is 0.446 e. The van der Waals surface area contributed by atoms with E-state index in [9.17, 15) is 13.2 Å². The summed E-state index contributed by atoms with van der Waals surface area (Å²) < 4.78 is 36.5. The maximum absolute atomic E-state index is 12.2. The Bertz CT molecular complexity index is 378. The first kappa shape index (κ1) is 16.3. The summed E-state index contributed by atoms with van der Waals surface area (Å²) in [5.41, 5.74) is -3.36. The fourth-order valence-corrected chi connectivity index (χ4v) is 2.11. The molecule has 0 aliphatic heterocycles.